The van der Waals surface area contributed by atoms with Gasteiger partial charge in [0.1, 0.15) is 0 Å². The van der Waals surface area contributed by atoms with Gasteiger partial charge in [-0.05, 0) is 0 Å². The van der Waals surface area contributed by atoms with E-state index in [2.05, 4.69) is 5.32 Å². The van der Waals surface area contributed by atoms with E-state index in [0.29, 0.717) is 0 Å². The molecule has 0 bridgehead atoms. The molecule has 0 saturated heterocycles. The van der Waals surface area contributed by atoms with Crippen LogP contribution in [0.1, 0.15) is 0 Å². The van der Waals surface area contributed by atoms with Crippen molar-refractivity contribution in [1.29, 1.82) is 0 Å². The summed E-state index contributed by atoms with van der Waals surface area (Å²) in [5.74, 6) is 0. The fraction of sp³-hybridized carbons (Fsp3) is 0.500. The van der Waals surface area contributed by atoms with Gasteiger partial charge in [0.25, 0.3) is 5.56 Å². The Balaban J connectivity index is 2.71. The number of rotatable bonds is 6. The molecule has 102 valence electrons. The summed E-state index contributed by atoms with van der Waals surface area (Å²) < 4.78 is 11.8. The Hall–Kier alpha value is -1.25. The molecule has 0 aliphatic rings. The minimum atomic E-state index is -4.22. The van der Waals surface area contributed by atoms with E-state index >= 15 is 0 Å². The molecule has 0 amide bonds. The molecule has 0 aromatic carbocycles. The third kappa shape index (κ3) is 4.94. The summed E-state index contributed by atoms with van der Waals surface area (Å²) in [6, 6.07) is 0.431. The van der Waals surface area contributed by atoms with Crippen LogP contribution in [-0.4, -0.2) is 43.4 Å². The molecule has 0 aliphatic carbocycles. The summed E-state index contributed by atoms with van der Waals surface area (Å²) in [7, 11) is -4.22. The lowest BCUT2D eigenvalue weighted by Crippen LogP contribution is -2.41. The topological polar surface area (TPSA) is 145 Å². The lowest BCUT2D eigenvalue weighted by Gasteiger charge is -2.17. The Bertz CT molecular complexity index is 546. The van der Waals surface area contributed by atoms with Crippen molar-refractivity contribution in [2.45, 2.75) is 12.6 Å². The van der Waals surface area contributed by atoms with Crippen LogP contribution in [0, 0.1) is 0 Å². The van der Waals surface area contributed by atoms with Crippen molar-refractivity contribution in [2.75, 3.05) is 12.9 Å². The van der Waals surface area contributed by atoms with Crippen LogP contribution < -0.4 is 16.6 Å². The van der Waals surface area contributed by atoms with E-state index in [0.717, 1.165) is 10.6 Å². The summed E-state index contributed by atoms with van der Waals surface area (Å²) in [4.78, 5) is 41.5. The predicted molar refractivity (Wildman–Crippen MR) is 62.2 cm³/mol. The summed E-state index contributed by atoms with van der Waals surface area (Å²) >= 11 is 0. The van der Waals surface area contributed by atoms with Gasteiger partial charge >= 0.3 is 13.3 Å². The third-order valence-corrected chi connectivity index (χ3v) is 2.71. The first kappa shape index (κ1) is 14.8. The van der Waals surface area contributed by atoms with E-state index in [1.165, 1.54) is 6.20 Å². The largest absolute Gasteiger partial charge is 0.395 e. The average Bonchev–Trinajstić information content (AvgIpc) is 2.25. The molecule has 9 nitrogen and oxygen atoms in total. The molecule has 0 spiro atoms. The van der Waals surface area contributed by atoms with Crippen molar-refractivity contribution in [2.24, 2.45) is 0 Å². The first-order valence-corrected chi connectivity index (χ1v) is 6.80. The van der Waals surface area contributed by atoms with Crippen LogP contribution in [0.4, 0.5) is 0 Å². The van der Waals surface area contributed by atoms with Crippen molar-refractivity contribution >= 4 is 7.60 Å². The van der Waals surface area contributed by atoms with E-state index in [1.54, 1.807) is 0 Å². The van der Waals surface area contributed by atoms with Crippen LogP contribution >= 0.6 is 7.60 Å². The van der Waals surface area contributed by atoms with Gasteiger partial charge in [0.05, 0.1) is 12.9 Å². The molecule has 0 saturated carbocycles. The lowest BCUT2D eigenvalue weighted by atomic mass is 10.3. The van der Waals surface area contributed by atoms with Crippen molar-refractivity contribution in [3.63, 3.8) is 0 Å². The van der Waals surface area contributed by atoms with Gasteiger partial charge in [0, 0.05) is 24.8 Å². The minimum absolute atomic E-state index is 0.0217. The van der Waals surface area contributed by atoms with Crippen molar-refractivity contribution in [1.82, 2.24) is 14.9 Å². The summed E-state index contributed by atoms with van der Waals surface area (Å²) in [5.41, 5.74) is -1.20. The van der Waals surface area contributed by atoms with Gasteiger partial charge in [-0.25, -0.2) is 4.79 Å². The number of aromatic amines is 1. The molecule has 1 heterocycles. The van der Waals surface area contributed by atoms with Crippen LogP contribution in [0.2, 0.25) is 0 Å². The van der Waals surface area contributed by atoms with Crippen molar-refractivity contribution in [3.8, 4) is 0 Å². The lowest BCUT2D eigenvalue weighted by molar-refractivity contribution is 0.229. The molecule has 1 aromatic heterocycles. The normalized spacial score (nSPS) is 13.5. The summed E-state index contributed by atoms with van der Waals surface area (Å²) in [6.45, 7) is -0.433. The monoisotopic (exact) mass is 279 g/mol. The van der Waals surface area contributed by atoms with Gasteiger partial charge in [-0.2, -0.15) is 0 Å². The maximum atomic E-state index is 11.3. The van der Waals surface area contributed by atoms with Gasteiger partial charge in [-0.1, -0.05) is 0 Å². The van der Waals surface area contributed by atoms with Crippen LogP contribution in [0.5, 0.6) is 0 Å². The molecule has 0 radical (unpaired) electrons. The van der Waals surface area contributed by atoms with Crippen LogP contribution in [-0.2, 0) is 11.1 Å². The number of nitrogens with one attached hydrogen (secondary N) is 2. The zero-order chi connectivity index (χ0) is 13.8. The van der Waals surface area contributed by atoms with Gasteiger partial charge in [0.2, 0.25) is 0 Å². The number of aliphatic hydroxyl groups excluding tert-OH is 1. The average molecular weight is 279 g/mol. The van der Waals surface area contributed by atoms with E-state index in [1.807, 2.05) is 4.98 Å². The number of H-pyrrole nitrogens is 1. The predicted octanol–water partition coefficient (Wildman–Crippen LogP) is -2.38. The zero-order valence-corrected chi connectivity index (χ0v) is 10.2. The highest BCUT2D eigenvalue weighted by atomic mass is 31.2. The summed E-state index contributed by atoms with van der Waals surface area (Å²) in [5, 5.41) is 11.5. The Labute approximate surface area is 101 Å². The standard InChI is InChI=1S/C8H14N3O6P/c12-4-6(9-5-18(15,16)17)3-11-2-1-7(13)10-8(11)14/h1-2,6,9,12H,3-5H2,(H,10,13,14)(H2,15,16,17). The molecular formula is C8H14N3O6P. The highest BCUT2D eigenvalue weighted by molar-refractivity contribution is 7.51. The second-order valence-corrected chi connectivity index (χ2v) is 5.31. The van der Waals surface area contributed by atoms with Gasteiger partial charge in [-0.3, -0.25) is 24.2 Å². The number of hydrogen-bond acceptors (Lipinski definition) is 5. The molecule has 5 N–H and O–H groups in total. The molecule has 1 aromatic rings. The van der Waals surface area contributed by atoms with Gasteiger partial charge in [-0.15, -0.1) is 0 Å². The van der Waals surface area contributed by atoms with Crippen molar-refractivity contribution < 1.29 is 19.5 Å². The highest BCUT2D eigenvalue weighted by Gasteiger charge is 2.16. The smallest absolute Gasteiger partial charge is 0.339 e. The van der Waals surface area contributed by atoms with Gasteiger partial charge in [0.15, 0.2) is 0 Å². The number of hydrogen-bond donors (Lipinski definition) is 5. The van der Waals surface area contributed by atoms with E-state index < -0.39 is 37.8 Å². The molecule has 18 heavy (non-hydrogen) atoms. The van der Waals surface area contributed by atoms with E-state index in [-0.39, 0.29) is 6.54 Å². The minimum Gasteiger partial charge on any atom is -0.395 e. The molecule has 10 heteroatoms. The highest BCUT2D eigenvalue weighted by Crippen LogP contribution is 2.32. The molecule has 0 aliphatic heterocycles. The Morgan fingerprint density at radius 3 is 2.61 bits per heavy atom. The zero-order valence-electron chi connectivity index (χ0n) is 9.31. The molecule has 0 fully saturated rings. The molecule has 1 unspecified atom stereocenters. The van der Waals surface area contributed by atoms with E-state index in [9.17, 15) is 14.2 Å². The third-order valence-electron chi connectivity index (χ3n) is 2.12. The van der Waals surface area contributed by atoms with Crippen LogP contribution in [0.3, 0.4) is 0 Å². The second kappa shape index (κ2) is 6.07. The van der Waals surface area contributed by atoms with Crippen molar-refractivity contribution in [3.05, 3.63) is 33.1 Å². The Kier molecular flexibility index (Phi) is 5.00. The number of aromatic nitrogens is 2. The van der Waals surface area contributed by atoms with Crippen LogP contribution in [0.15, 0.2) is 21.9 Å². The first-order chi connectivity index (χ1) is 8.31. The maximum absolute atomic E-state index is 11.3. The molecule has 1 rings (SSSR count). The quantitative estimate of drug-likeness (QED) is 0.366. The first-order valence-electron chi connectivity index (χ1n) is 5.00. The second-order valence-electron chi connectivity index (χ2n) is 3.67. The number of aliphatic hydroxyl groups is 1. The Morgan fingerprint density at radius 1 is 1.44 bits per heavy atom. The number of nitrogens with zero attached hydrogens (tertiary/aromatic N) is 1. The van der Waals surface area contributed by atoms with Gasteiger partial charge < -0.3 is 14.9 Å². The maximum Gasteiger partial charge on any atom is 0.339 e. The summed E-state index contributed by atoms with van der Waals surface area (Å²) in [6.07, 6.45) is 0.638. The SMILES string of the molecule is O=c1ccn(CC(CO)NCP(=O)(O)O)c(=O)[nH]1. The molecular weight excluding hydrogens is 265 g/mol. The van der Waals surface area contributed by atoms with E-state index in [4.69, 9.17) is 14.9 Å². The molecule has 1 atom stereocenters. The van der Waals surface area contributed by atoms with Crippen LogP contribution in [0.25, 0.3) is 0 Å². The Morgan fingerprint density at radius 2 is 2.11 bits per heavy atom. The fourth-order valence-electron chi connectivity index (χ4n) is 1.26. The fourth-order valence-corrected chi connectivity index (χ4v) is 1.76.